The Labute approximate surface area is 121 Å². The molecule has 0 saturated carbocycles. The van der Waals surface area contributed by atoms with E-state index in [0.717, 1.165) is 26.9 Å². The lowest BCUT2D eigenvalue weighted by Crippen LogP contribution is -1.99. The maximum Gasteiger partial charge on any atom is 0.122 e. The van der Waals surface area contributed by atoms with Crippen LogP contribution in [0.25, 0.3) is 0 Å². The van der Waals surface area contributed by atoms with Gasteiger partial charge in [-0.15, -0.1) is 0 Å². The van der Waals surface area contributed by atoms with E-state index in [0.29, 0.717) is 0 Å². The molecular formula is C12H11Br2NOS. The van der Waals surface area contributed by atoms with E-state index in [-0.39, 0.29) is 0 Å². The summed E-state index contributed by atoms with van der Waals surface area (Å²) in [5, 5.41) is 7.58. The molecule has 2 rings (SSSR count). The van der Waals surface area contributed by atoms with Gasteiger partial charge in [0.1, 0.15) is 5.75 Å². The van der Waals surface area contributed by atoms with Crippen molar-refractivity contribution < 1.29 is 4.74 Å². The summed E-state index contributed by atoms with van der Waals surface area (Å²) in [4.78, 5) is 0. The van der Waals surface area contributed by atoms with Crippen molar-refractivity contribution in [3.05, 3.63) is 43.5 Å². The highest BCUT2D eigenvalue weighted by Gasteiger charge is 2.02. The minimum absolute atomic E-state index is 0.795. The van der Waals surface area contributed by atoms with Gasteiger partial charge in [-0.3, -0.25) is 0 Å². The Kier molecular flexibility index (Phi) is 4.48. The number of hydrogen-bond acceptors (Lipinski definition) is 3. The van der Waals surface area contributed by atoms with Crippen molar-refractivity contribution in [1.82, 2.24) is 0 Å². The average Bonchev–Trinajstić information content (AvgIpc) is 2.71. The summed E-state index contributed by atoms with van der Waals surface area (Å²) < 4.78 is 7.37. The Hall–Kier alpha value is -0.520. The second-order valence-corrected chi connectivity index (χ2v) is 5.99. The molecule has 0 spiro atoms. The summed E-state index contributed by atoms with van der Waals surface area (Å²) >= 11 is 8.67. The number of rotatable bonds is 4. The van der Waals surface area contributed by atoms with Crippen molar-refractivity contribution in [2.45, 2.75) is 6.54 Å². The zero-order chi connectivity index (χ0) is 12.3. The number of benzene rings is 1. The summed E-state index contributed by atoms with van der Waals surface area (Å²) in [6, 6.07) is 5.94. The first-order chi connectivity index (χ1) is 8.19. The molecule has 0 radical (unpaired) electrons. The van der Waals surface area contributed by atoms with Gasteiger partial charge in [-0.2, -0.15) is 11.3 Å². The zero-order valence-electron chi connectivity index (χ0n) is 9.17. The second kappa shape index (κ2) is 5.89. The number of thiophene rings is 1. The first-order valence-corrected chi connectivity index (χ1v) is 7.51. The highest BCUT2D eigenvalue weighted by molar-refractivity contribution is 9.10. The molecule has 0 fully saturated rings. The largest absolute Gasteiger partial charge is 0.497 e. The van der Waals surface area contributed by atoms with Gasteiger partial charge in [0.15, 0.2) is 0 Å². The van der Waals surface area contributed by atoms with Crippen molar-refractivity contribution in [2.75, 3.05) is 12.4 Å². The van der Waals surface area contributed by atoms with Crippen molar-refractivity contribution in [3.63, 3.8) is 0 Å². The monoisotopic (exact) mass is 375 g/mol. The van der Waals surface area contributed by atoms with Gasteiger partial charge in [0, 0.05) is 32.6 Å². The number of hydrogen-bond donors (Lipinski definition) is 1. The quantitative estimate of drug-likeness (QED) is 0.819. The Morgan fingerprint density at radius 1 is 1.24 bits per heavy atom. The molecule has 2 aromatic rings. The van der Waals surface area contributed by atoms with E-state index in [1.165, 1.54) is 5.56 Å². The summed E-state index contributed by atoms with van der Waals surface area (Å²) in [7, 11) is 1.67. The van der Waals surface area contributed by atoms with Crippen LogP contribution in [0.4, 0.5) is 5.69 Å². The highest BCUT2D eigenvalue weighted by atomic mass is 79.9. The summed E-state index contributed by atoms with van der Waals surface area (Å²) in [5.41, 5.74) is 2.29. The lowest BCUT2D eigenvalue weighted by Gasteiger charge is -2.08. The third kappa shape index (κ3) is 3.47. The summed E-state index contributed by atoms with van der Waals surface area (Å²) in [6.45, 7) is 0.795. The van der Waals surface area contributed by atoms with Gasteiger partial charge in [0.2, 0.25) is 0 Å². The van der Waals surface area contributed by atoms with E-state index < -0.39 is 0 Å². The molecule has 0 unspecified atom stereocenters. The molecule has 90 valence electrons. The molecule has 1 aromatic carbocycles. The topological polar surface area (TPSA) is 21.3 Å². The maximum absolute atomic E-state index is 5.22. The molecule has 0 atom stereocenters. The second-order valence-electron chi connectivity index (χ2n) is 3.48. The third-order valence-electron chi connectivity index (χ3n) is 2.28. The fourth-order valence-corrected chi connectivity index (χ4v) is 3.33. The fourth-order valence-electron chi connectivity index (χ4n) is 1.41. The third-order valence-corrected chi connectivity index (χ3v) is 4.57. The van der Waals surface area contributed by atoms with E-state index >= 15 is 0 Å². The Morgan fingerprint density at radius 2 is 2.06 bits per heavy atom. The normalized spacial score (nSPS) is 10.3. The zero-order valence-corrected chi connectivity index (χ0v) is 13.2. The summed E-state index contributed by atoms with van der Waals surface area (Å²) in [6.07, 6.45) is 0. The molecule has 0 aliphatic carbocycles. The van der Waals surface area contributed by atoms with Gasteiger partial charge in [0.05, 0.1) is 7.11 Å². The lowest BCUT2D eigenvalue weighted by molar-refractivity contribution is 0.414. The first kappa shape index (κ1) is 12.9. The van der Waals surface area contributed by atoms with Gasteiger partial charge in [-0.05, 0) is 39.0 Å². The van der Waals surface area contributed by atoms with Crippen LogP contribution in [0.1, 0.15) is 5.56 Å². The molecular weight excluding hydrogens is 366 g/mol. The van der Waals surface area contributed by atoms with Crippen molar-refractivity contribution in [1.29, 1.82) is 0 Å². The molecule has 1 aromatic heterocycles. The van der Waals surface area contributed by atoms with Crippen LogP contribution in [0.2, 0.25) is 0 Å². The molecule has 1 N–H and O–H groups in total. The number of ether oxygens (including phenoxy) is 1. The highest BCUT2D eigenvalue weighted by Crippen LogP contribution is 2.26. The van der Waals surface area contributed by atoms with E-state index in [4.69, 9.17) is 4.74 Å². The van der Waals surface area contributed by atoms with E-state index in [1.54, 1.807) is 18.4 Å². The molecule has 5 heteroatoms. The lowest BCUT2D eigenvalue weighted by atomic mass is 10.2. The van der Waals surface area contributed by atoms with Crippen LogP contribution in [0.15, 0.2) is 37.9 Å². The maximum atomic E-state index is 5.22. The SMILES string of the molecule is COc1cc(Br)cc(NCc2cscc2Br)c1. The minimum atomic E-state index is 0.795. The summed E-state index contributed by atoms with van der Waals surface area (Å²) in [5.74, 6) is 0.839. The van der Waals surface area contributed by atoms with Crippen LogP contribution in [-0.2, 0) is 6.54 Å². The van der Waals surface area contributed by atoms with E-state index in [2.05, 4.69) is 47.9 Å². The van der Waals surface area contributed by atoms with Gasteiger partial charge < -0.3 is 10.1 Å². The van der Waals surface area contributed by atoms with Crippen molar-refractivity contribution in [3.8, 4) is 5.75 Å². The van der Waals surface area contributed by atoms with Gasteiger partial charge >= 0.3 is 0 Å². The average molecular weight is 377 g/mol. The molecule has 1 heterocycles. The molecule has 17 heavy (non-hydrogen) atoms. The first-order valence-electron chi connectivity index (χ1n) is 4.98. The molecule has 0 aliphatic heterocycles. The molecule has 0 aliphatic rings. The standard InChI is InChI=1S/C12H11Br2NOS/c1-16-11-3-9(13)2-10(4-11)15-5-8-6-17-7-12(8)14/h2-4,6-7,15H,5H2,1H3. The molecule has 0 bridgehead atoms. The molecule has 0 saturated heterocycles. The minimum Gasteiger partial charge on any atom is -0.497 e. The van der Waals surface area contributed by atoms with Crippen LogP contribution >= 0.6 is 43.2 Å². The Bertz CT molecular complexity index is 513. The van der Waals surface area contributed by atoms with Gasteiger partial charge in [-0.1, -0.05) is 15.9 Å². The fraction of sp³-hybridized carbons (Fsp3) is 0.167. The van der Waals surface area contributed by atoms with Crippen LogP contribution in [0.5, 0.6) is 5.75 Å². The smallest absolute Gasteiger partial charge is 0.122 e. The Morgan fingerprint density at radius 3 is 2.71 bits per heavy atom. The number of anilines is 1. The van der Waals surface area contributed by atoms with Crippen LogP contribution in [-0.4, -0.2) is 7.11 Å². The van der Waals surface area contributed by atoms with Crippen molar-refractivity contribution in [2.24, 2.45) is 0 Å². The predicted octanol–water partition coefficient (Wildman–Crippen LogP) is 4.89. The van der Waals surface area contributed by atoms with E-state index in [1.807, 2.05) is 18.2 Å². The Balaban J connectivity index is 2.09. The number of methoxy groups -OCH3 is 1. The molecule has 0 amide bonds. The van der Waals surface area contributed by atoms with Crippen LogP contribution in [0, 0.1) is 0 Å². The number of nitrogens with one attached hydrogen (secondary N) is 1. The van der Waals surface area contributed by atoms with Crippen molar-refractivity contribution >= 4 is 48.9 Å². The number of halogens is 2. The van der Waals surface area contributed by atoms with Gasteiger partial charge in [-0.25, -0.2) is 0 Å². The van der Waals surface area contributed by atoms with Crippen LogP contribution < -0.4 is 10.1 Å². The molecule has 2 nitrogen and oxygen atoms in total. The van der Waals surface area contributed by atoms with Gasteiger partial charge in [0.25, 0.3) is 0 Å². The predicted molar refractivity (Wildman–Crippen MR) is 80.0 cm³/mol. The van der Waals surface area contributed by atoms with Crippen LogP contribution in [0.3, 0.4) is 0 Å². The van der Waals surface area contributed by atoms with E-state index in [9.17, 15) is 0 Å².